The molecule has 4 N–H and O–H groups in total. The normalized spacial score (nSPS) is 13.1. The number of aromatic nitrogens is 1. The summed E-state index contributed by atoms with van der Waals surface area (Å²) in [5.41, 5.74) is 10.1. The Hall–Kier alpha value is -3.23. The molecule has 0 aliphatic carbocycles. The number of nitrogens with one attached hydrogen (secondary N) is 2. The third-order valence-corrected chi connectivity index (χ3v) is 5.63. The molecule has 2 aromatic carbocycles. The van der Waals surface area contributed by atoms with Crippen LogP contribution in [0.15, 0.2) is 65.5 Å². The first-order valence-corrected chi connectivity index (χ1v) is 12.1. The Morgan fingerprint density at radius 2 is 1.71 bits per heavy atom. The van der Waals surface area contributed by atoms with Gasteiger partial charge in [0, 0.05) is 23.8 Å². The predicted octanol–water partition coefficient (Wildman–Crippen LogP) is 3.23. The van der Waals surface area contributed by atoms with Crippen molar-refractivity contribution in [1.82, 2.24) is 15.6 Å². The van der Waals surface area contributed by atoms with E-state index in [1.165, 1.54) is 11.3 Å². The SMILES string of the molecule is CC(C)(C)NC(=O)C(Cc1ccc(OCc2ccccc2)cc1)NC(=O)C(N)Cc1cscn1. The third-order valence-electron chi connectivity index (χ3n) is 4.99. The molecule has 1 aromatic heterocycles. The van der Waals surface area contributed by atoms with E-state index in [1.807, 2.05) is 80.7 Å². The van der Waals surface area contributed by atoms with E-state index >= 15 is 0 Å². The van der Waals surface area contributed by atoms with E-state index in [0.29, 0.717) is 19.4 Å². The second-order valence-corrected chi connectivity index (χ2v) is 9.93. The van der Waals surface area contributed by atoms with Crippen molar-refractivity contribution in [1.29, 1.82) is 0 Å². The van der Waals surface area contributed by atoms with Gasteiger partial charge in [0.05, 0.1) is 17.2 Å². The van der Waals surface area contributed by atoms with E-state index in [0.717, 1.165) is 22.6 Å². The Morgan fingerprint density at radius 1 is 1.00 bits per heavy atom. The Morgan fingerprint density at radius 3 is 2.32 bits per heavy atom. The molecule has 0 bridgehead atoms. The van der Waals surface area contributed by atoms with E-state index in [4.69, 9.17) is 10.5 Å². The van der Waals surface area contributed by atoms with Gasteiger partial charge in [0.25, 0.3) is 0 Å². The highest BCUT2D eigenvalue weighted by Crippen LogP contribution is 2.16. The van der Waals surface area contributed by atoms with Crippen molar-refractivity contribution in [3.8, 4) is 5.75 Å². The number of hydrogen-bond donors (Lipinski definition) is 3. The number of nitrogens with zero attached hydrogens (tertiary/aromatic N) is 1. The molecule has 3 rings (SSSR count). The minimum atomic E-state index is -0.791. The first-order valence-electron chi connectivity index (χ1n) is 11.2. The van der Waals surface area contributed by atoms with Crippen molar-refractivity contribution in [3.05, 3.63) is 82.3 Å². The second-order valence-electron chi connectivity index (χ2n) is 9.21. The maximum Gasteiger partial charge on any atom is 0.243 e. The lowest BCUT2D eigenvalue weighted by Gasteiger charge is -2.26. The molecule has 8 heteroatoms. The molecule has 0 spiro atoms. The maximum atomic E-state index is 13.0. The van der Waals surface area contributed by atoms with E-state index in [2.05, 4.69) is 15.6 Å². The molecule has 3 aromatic rings. The van der Waals surface area contributed by atoms with Gasteiger partial charge in [0.1, 0.15) is 18.4 Å². The lowest BCUT2D eigenvalue weighted by Crippen LogP contribution is -2.56. The van der Waals surface area contributed by atoms with Gasteiger partial charge < -0.3 is 21.1 Å². The standard InChI is InChI=1S/C26H32N4O3S/c1-26(2,3)30-25(32)23(29-24(31)22(27)14-20-16-34-17-28-20)13-18-9-11-21(12-10-18)33-15-19-7-5-4-6-8-19/h4-12,16-17,22-23H,13-15,27H2,1-3H3,(H,29,31)(H,30,32). The van der Waals surface area contributed by atoms with Crippen LogP contribution >= 0.6 is 11.3 Å². The second kappa shape index (κ2) is 11.8. The average Bonchev–Trinajstić information content (AvgIpc) is 3.30. The Bertz CT molecular complexity index is 1050. The van der Waals surface area contributed by atoms with Crippen molar-refractivity contribution >= 4 is 23.2 Å². The van der Waals surface area contributed by atoms with Gasteiger partial charge in [0.15, 0.2) is 0 Å². The highest BCUT2D eigenvalue weighted by atomic mass is 32.1. The molecular weight excluding hydrogens is 448 g/mol. The number of nitrogens with two attached hydrogens (primary N) is 1. The van der Waals surface area contributed by atoms with Gasteiger partial charge in [-0.25, -0.2) is 4.98 Å². The third kappa shape index (κ3) is 8.28. The van der Waals surface area contributed by atoms with Crippen LogP contribution in [0.2, 0.25) is 0 Å². The summed E-state index contributed by atoms with van der Waals surface area (Å²) in [6.07, 6.45) is 0.645. The molecule has 34 heavy (non-hydrogen) atoms. The van der Waals surface area contributed by atoms with E-state index in [1.54, 1.807) is 5.51 Å². The Labute approximate surface area is 204 Å². The zero-order valence-electron chi connectivity index (χ0n) is 19.8. The fourth-order valence-corrected chi connectivity index (χ4v) is 3.87. The van der Waals surface area contributed by atoms with Gasteiger partial charge in [0.2, 0.25) is 11.8 Å². The predicted molar refractivity (Wildman–Crippen MR) is 135 cm³/mol. The molecule has 1 heterocycles. The molecule has 0 saturated heterocycles. The summed E-state index contributed by atoms with van der Waals surface area (Å²) in [5.74, 6) is 0.0913. The summed E-state index contributed by atoms with van der Waals surface area (Å²) in [5, 5.41) is 7.64. The van der Waals surface area contributed by atoms with Crippen molar-refractivity contribution in [2.24, 2.45) is 5.73 Å². The number of benzene rings is 2. The minimum Gasteiger partial charge on any atom is -0.489 e. The van der Waals surface area contributed by atoms with Crippen LogP contribution < -0.4 is 21.1 Å². The van der Waals surface area contributed by atoms with Gasteiger partial charge in [-0.3, -0.25) is 9.59 Å². The molecule has 0 aliphatic rings. The summed E-state index contributed by atoms with van der Waals surface area (Å²) in [6, 6.07) is 15.9. The molecule has 2 atom stereocenters. The molecule has 0 aliphatic heterocycles. The van der Waals surface area contributed by atoms with Crippen LogP contribution in [0.1, 0.15) is 37.6 Å². The number of carbonyl (C=O) groups excluding carboxylic acids is 2. The quantitative estimate of drug-likeness (QED) is 0.413. The maximum absolute atomic E-state index is 13.0. The number of ether oxygens (including phenoxy) is 1. The number of hydrogen-bond acceptors (Lipinski definition) is 6. The molecule has 7 nitrogen and oxygen atoms in total. The fourth-order valence-electron chi connectivity index (χ4n) is 3.30. The number of thiazole rings is 1. The summed E-state index contributed by atoms with van der Waals surface area (Å²) in [7, 11) is 0. The van der Waals surface area contributed by atoms with Crippen LogP contribution in [-0.4, -0.2) is 34.4 Å². The Balaban J connectivity index is 1.64. The van der Waals surface area contributed by atoms with Gasteiger partial charge in [-0.15, -0.1) is 11.3 Å². The topological polar surface area (TPSA) is 106 Å². The number of carbonyl (C=O) groups is 2. The largest absolute Gasteiger partial charge is 0.489 e. The number of amides is 2. The fraction of sp³-hybridized carbons (Fsp3) is 0.346. The van der Waals surface area contributed by atoms with E-state index in [9.17, 15) is 9.59 Å². The minimum absolute atomic E-state index is 0.258. The number of rotatable bonds is 10. The smallest absolute Gasteiger partial charge is 0.243 e. The summed E-state index contributed by atoms with van der Waals surface area (Å²) >= 11 is 1.45. The summed E-state index contributed by atoms with van der Waals surface area (Å²) < 4.78 is 5.84. The van der Waals surface area contributed by atoms with E-state index in [-0.39, 0.29) is 11.8 Å². The first kappa shape index (κ1) is 25.4. The van der Waals surface area contributed by atoms with Crippen LogP contribution in [0.3, 0.4) is 0 Å². The molecule has 2 unspecified atom stereocenters. The van der Waals surface area contributed by atoms with Gasteiger partial charge in [-0.2, -0.15) is 0 Å². The first-order chi connectivity index (χ1) is 16.2. The average molecular weight is 481 g/mol. The molecule has 180 valence electrons. The van der Waals surface area contributed by atoms with E-state index < -0.39 is 17.6 Å². The van der Waals surface area contributed by atoms with Crippen molar-refractivity contribution in [2.45, 2.75) is 57.8 Å². The van der Waals surface area contributed by atoms with Crippen LogP contribution in [0.5, 0.6) is 5.75 Å². The lowest BCUT2D eigenvalue weighted by molar-refractivity contribution is -0.130. The molecule has 0 saturated carbocycles. The molecule has 0 radical (unpaired) electrons. The summed E-state index contributed by atoms with van der Waals surface area (Å²) in [6.45, 7) is 6.17. The van der Waals surface area contributed by atoms with Gasteiger partial charge >= 0.3 is 0 Å². The van der Waals surface area contributed by atoms with Crippen molar-refractivity contribution in [2.75, 3.05) is 0 Å². The lowest BCUT2D eigenvalue weighted by atomic mass is 10.0. The van der Waals surface area contributed by atoms with Gasteiger partial charge in [-0.05, 0) is 44.0 Å². The van der Waals surface area contributed by atoms with Crippen LogP contribution in [0, 0.1) is 0 Å². The Kier molecular flexibility index (Phi) is 8.79. The monoisotopic (exact) mass is 480 g/mol. The van der Waals surface area contributed by atoms with Gasteiger partial charge in [-0.1, -0.05) is 42.5 Å². The highest BCUT2D eigenvalue weighted by molar-refractivity contribution is 7.07. The van der Waals surface area contributed by atoms with Crippen LogP contribution in [0.4, 0.5) is 0 Å². The van der Waals surface area contributed by atoms with Crippen molar-refractivity contribution in [3.63, 3.8) is 0 Å². The zero-order chi connectivity index (χ0) is 24.6. The molecular formula is C26H32N4O3S. The van der Waals surface area contributed by atoms with Crippen molar-refractivity contribution < 1.29 is 14.3 Å². The summed E-state index contributed by atoms with van der Waals surface area (Å²) in [4.78, 5) is 29.9. The van der Waals surface area contributed by atoms with Crippen LogP contribution in [0.25, 0.3) is 0 Å². The molecule has 2 amide bonds. The highest BCUT2D eigenvalue weighted by Gasteiger charge is 2.27. The van der Waals surface area contributed by atoms with Crippen LogP contribution in [-0.2, 0) is 29.0 Å². The molecule has 0 fully saturated rings. The zero-order valence-corrected chi connectivity index (χ0v) is 20.6.